The number of aryl methyl sites for hydroxylation is 2. The van der Waals surface area contributed by atoms with Crippen molar-refractivity contribution in [1.29, 1.82) is 0 Å². The molecule has 1 heterocycles. The fraction of sp³-hybridized carbons (Fsp3) is 0.182. The highest BCUT2D eigenvalue weighted by molar-refractivity contribution is 9.10. The van der Waals surface area contributed by atoms with E-state index in [1.54, 1.807) is 0 Å². The summed E-state index contributed by atoms with van der Waals surface area (Å²) in [5.41, 5.74) is 3.57. The second-order valence-electron chi connectivity index (χ2n) is 3.20. The second kappa shape index (κ2) is 3.11. The van der Waals surface area contributed by atoms with Crippen LogP contribution in [0.3, 0.4) is 0 Å². The van der Waals surface area contributed by atoms with Gasteiger partial charge in [-0.1, -0.05) is 22.0 Å². The van der Waals surface area contributed by atoms with Crippen LogP contribution in [0.5, 0.6) is 0 Å². The molecule has 0 aliphatic carbocycles. The average Bonchev–Trinajstić information content (AvgIpc) is 2.15. The maximum absolute atomic E-state index is 4.36. The summed E-state index contributed by atoms with van der Waals surface area (Å²) in [6.45, 7) is 4.19. The number of hydrogen-bond acceptors (Lipinski definition) is 1. The Labute approximate surface area is 85.9 Å². The fourth-order valence-electron chi connectivity index (χ4n) is 1.52. The highest BCUT2D eigenvalue weighted by atomic mass is 79.9. The lowest BCUT2D eigenvalue weighted by Gasteiger charge is -2.06. The maximum Gasteiger partial charge on any atom is 0.0734 e. The zero-order valence-corrected chi connectivity index (χ0v) is 9.22. The van der Waals surface area contributed by atoms with Crippen LogP contribution in [0.15, 0.2) is 28.9 Å². The molecule has 0 aliphatic rings. The van der Waals surface area contributed by atoms with Crippen molar-refractivity contribution in [2.45, 2.75) is 13.8 Å². The minimum absolute atomic E-state index is 1.10. The van der Waals surface area contributed by atoms with Crippen LogP contribution in [0.25, 0.3) is 10.9 Å². The first-order chi connectivity index (χ1) is 6.20. The van der Waals surface area contributed by atoms with E-state index in [1.165, 1.54) is 16.5 Å². The number of rotatable bonds is 0. The quantitative estimate of drug-likeness (QED) is 0.680. The van der Waals surface area contributed by atoms with E-state index in [1.807, 2.05) is 12.3 Å². The van der Waals surface area contributed by atoms with E-state index in [9.17, 15) is 0 Å². The molecular weight excluding hydrogens is 226 g/mol. The molecule has 0 amide bonds. The lowest BCUT2D eigenvalue weighted by Crippen LogP contribution is -1.87. The Hall–Kier alpha value is -0.890. The monoisotopic (exact) mass is 235 g/mol. The van der Waals surface area contributed by atoms with Gasteiger partial charge in [0.15, 0.2) is 0 Å². The predicted octanol–water partition coefficient (Wildman–Crippen LogP) is 3.61. The molecule has 13 heavy (non-hydrogen) atoms. The SMILES string of the molecule is Cc1c(Br)cc(C)c2ncccc12. The molecule has 1 aromatic carbocycles. The van der Waals surface area contributed by atoms with Gasteiger partial charge in [-0.05, 0) is 37.1 Å². The third kappa shape index (κ3) is 1.35. The van der Waals surface area contributed by atoms with E-state index in [2.05, 4.69) is 46.9 Å². The van der Waals surface area contributed by atoms with E-state index in [0.29, 0.717) is 0 Å². The van der Waals surface area contributed by atoms with Crippen molar-refractivity contribution in [2.24, 2.45) is 0 Å². The summed E-state index contributed by atoms with van der Waals surface area (Å²) >= 11 is 3.54. The van der Waals surface area contributed by atoms with Gasteiger partial charge in [-0.15, -0.1) is 0 Å². The third-order valence-corrected chi connectivity index (χ3v) is 3.11. The first-order valence-electron chi connectivity index (χ1n) is 4.20. The Morgan fingerprint density at radius 1 is 1.31 bits per heavy atom. The van der Waals surface area contributed by atoms with Crippen molar-refractivity contribution in [3.63, 3.8) is 0 Å². The smallest absolute Gasteiger partial charge is 0.0734 e. The van der Waals surface area contributed by atoms with Crippen molar-refractivity contribution in [1.82, 2.24) is 4.98 Å². The molecule has 0 aliphatic heterocycles. The van der Waals surface area contributed by atoms with Gasteiger partial charge < -0.3 is 0 Å². The number of hydrogen-bond donors (Lipinski definition) is 0. The van der Waals surface area contributed by atoms with Gasteiger partial charge in [0, 0.05) is 16.1 Å². The zero-order chi connectivity index (χ0) is 9.42. The molecule has 2 rings (SSSR count). The maximum atomic E-state index is 4.36. The topological polar surface area (TPSA) is 12.9 Å². The third-order valence-electron chi connectivity index (χ3n) is 2.29. The molecule has 0 unspecified atom stereocenters. The van der Waals surface area contributed by atoms with Gasteiger partial charge in [0.2, 0.25) is 0 Å². The van der Waals surface area contributed by atoms with Crippen molar-refractivity contribution in [3.8, 4) is 0 Å². The van der Waals surface area contributed by atoms with Crippen molar-refractivity contribution >= 4 is 26.8 Å². The molecule has 0 spiro atoms. The molecular formula is C11H10BrN. The second-order valence-corrected chi connectivity index (χ2v) is 4.05. The summed E-state index contributed by atoms with van der Waals surface area (Å²) in [5.74, 6) is 0. The Balaban J connectivity index is 2.97. The normalized spacial score (nSPS) is 10.7. The molecule has 0 saturated carbocycles. The van der Waals surface area contributed by atoms with E-state index in [4.69, 9.17) is 0 Å². The summed E-state index contributed by atoms with van der Waals surface area (Å²) in [6.07, 6.45) is 1.84. The number of nitrogens with zero attached hydrogens (tertiary/aromatic N) is 1. The number of aromatic nitrogens is 1. The summed E-state index contributed by atoms with van der Waals surface area (Å²) < 4.78 is 1.16. The molecule has 2 heteroatoms. The fourth-order valence-corrected chi connectivity index (χ4v) is 2.07. The van der Waals surface area contributed by atoms with Crippen LogP contribution >= 0.6 is 15.9 Å². The van der Waals surface area contributed by atoms with Crippen LogP contribution in [0.2, 0.25) is 0 Å². The van der Waals surface area contributed by atoms with Gasteiger partial charge in [-0.2, -0.15) is 0 Å². The molecule has 0 saturated heterocycles. The molecule has 0 bridgehead atoms. The molecule has 0 fully saturated rings. The van der Waals surface area contributed by atoms with Crippen molar-refractivity contribution in [2.75, 3.05) is 0 Å². The van der Waals surface area contributed by atoms with Crippen molar-refractivity contribution in [3.05, 3.63) is 40.0 Å². The zero-order valence-electron chi connectivity index (χ0n) is 7.63. The average molecular weight is 236 g/mol. The summed E-state index contributed by atoms with van der Waals surface area (Å²) in [4.78, 5) is 4.36. The molecule has 0 radical (unpaired) electrons. The first-order valence-corrected chi connectivity index (χ1v) is 5.00. The van der Waals surface area contributed by atoms with Gasteiger partial charge in [0.1, 0.15) is 0 Å². The van der Waals surface area contributed by atoms with Crippen molar-refractivity contribution < 1.29 is 0 Å². The van der Waals surface area contributed by atoms with Gasteiger partial charge in [0.05, 0.1) is 5.52 Å². The van der Waals surface area contributed by atoms with E-state index in [-0.39, 0.29) is 0 Å². The highest BCUT2D eigenvalue weighted by Gasteiger charge is 2.04. The Morgan fingerprint density at radius 2 is 2.08 bits per heavy atom. The summed E-state index contributed by atoms with van der Waals surface area (Å²) in [5, 5.41) is 1.23. The standard InChI is InChI=1S/C11H10BrN/c1-7-6-10(12)8(2)9-4-3-5-13-11(7)9/h3-6H,1-2H3. The molecule has 1 aromatic heterocycles. The Kier molecular flexibility index (Phi) is 2.08. The highest BCUT2D eigenvalue weighted by Crippen LogP contribution is 2.26. The number of benzene rings is 1. The van der Waals surface area contributed by atoms with E-state index in [0.717, 1.165) is 9.99 Å². The Bertz CT molecular complexity index is 463. The predicted molar refractivity (Wildman–Crippen MR) is 58.9 cm³/mol. The number of halogens is 1. The number of fused-ring (bicyclic) bond motifs is 1. The minimum Gasteiger partial charge on any atom is -0.256 e. The van der Waals surface area contributed by atoms with Crippen LogP contribution in [-0.4, -0.2) is 4.98 Å². The van der Waals surface area contributed by atoms with Gasteiger partial charge in [-0.3, -0.25) is 4.98 Å². The van der Waals surface area contributed by atoms with Crippen LogP contribution in [0.4, 0.5) is 0 Å². The van der Waals surface area contributed by atoms with Gasteiger partial charge >= 0.3 is 0 Å². The summed E-state index contributed by atoms with van der Waals surface area (Å²) in [7, 11) is 0. The molecule has 1 nitrogen and oxygen atoms in total. The summed E-state index contributed by atoms with van der Waals surface area (Å²) in [6, 6.07) is 6.20. The Morgan fingerprint density at radius 3 is 2.85 bits per heavy atom. The molecule has 0 N–H and O–H groups in total. The molecule has 0 atom stereocenters. The minimum atomic E-state index is 1.10. The van der Waals surface area contributed by atoms with Crippen LogP contribution in [-0.2, 0) is 0 Å². The largest absolute Gasteiger partial charge is 0.256 e. The lowest BCUT2D eigenvalue weighted by molar-refractivity contribution is 1.33. The number of pyridine rings is 1. The van der Waals surface area contributed by atoms with Crippen LogP contribution < -0.4 is 0 Å². The molecule has 66 valence electrons. The van der Waals surface area contributed by atoms with Crippen LogP contribution in [0.1, 0.15) is 11.1 Å². The van der Waals surface area contributed by atoms with Crippen LogP contribution in [0, 0.1) is 13.8 Å². The van der Waals surface area contributed by atoms with Gasteiger partial charge in [0.25, 0.3) is 0 Å². The van der Waals surface area contributed by atoms with E-state index >= 15 is 0 Å². The first kappa shape index (κ1) is 8.70. The molecule has 2 aromatic rings. The van der Waals surface area contributed by atoms with E-state index < -0.39 is 0 Å². The van der Waals surface area contributed by atoms with Gasteiger partial charge in [-0.25, -0.2) is 0 Å². The lowest BCUT2D eigenvalue weighted by atomic mass is 10.1.